The molecule has 0 fully saturated rings. The summed E-state index contributed by atoms with van der Waals surface area (Å²) in [6.45, 7) is 3.48. The second kappa shape index (κ2) is 22.2. The fraction of sp³-hybridized carbons (Fsp3) is 0.913. The third-order valence-corrected chi connectivity index (χ3v) is 4.82. The molecule has 0 saturated heterocycles. The highest BCUT2D eigenvalue weighted by Gasteiger charge is 2.06. The zero-order chi connectivity index (χ0) is 20.7. The van der Waals surface area contributed by atoms with Crippen molar-refractivity contribution in [2.45, 2.75) is 110 Å². The van der Waals surface area contributed by atoms with Crippen molar-refractivity contribution in [1.82, 2.24) is 0 Å². The fourth-order valence-corrected chi connectivity index (χ4v) is 3.05. The summed E-state index contributed by atoms with van der Waals surface area (Å²) in [5, 5.41) is 0. The first-order valence-corrected chi connectivity index (χ1v) is 11.5. The van der Waals surface area contributed by atoms with Gasteiger partial charge in [-0.3, -0.25) is 9.59 Å². The summed E-state index contributed by atoms with van der Waals surface area (Å²) in [5.41, 5.74) is 0. The monoisotopic (exact) mass is 400 g/mol. The molecule has 28 heavy (non-hydrogen) atoms. The van der Waals surface area contributed by atoms with Gasteiger partial charge >= 0.3 is 11.9 Å². The second-order valence-electron chi connectivity index (χ2n) is 7.53. The number of carbonyl (C=O) groups is 2. The number of carbonyl (C=O) groups excluding carboxylic acids is 2. The molecule has 0 aliphatic rings. The van der Waals surface area contributed by atoms with Gasteiger partial charge in [0, 0.05) is 20.0 Å². The average molecular weight is 401 g/mol. The fourth-order valence-electron chi connectivity index (χ4n) is 3.05. The number of rotatable bonds is 21. The molecule has 5 nitrogen and oxygen atoms in total. The number of hydrogen-bond acceptors (Lipinski definition) is 5. The van der Waals surface area contributed by atoms with E-state index in [1.54, 1.807) is 7.11 Å². The van der Waals surface area contributed by atoms with Crippen LogP contribution in [0.25, 0.3) is 0 Å². The lowest BCUT2D eigenvalue weighted by molar-refractivity contribution is -0.146. The minimum absolute atomic E-state index is 0.157. The maximum Gasteiger partial charge on any atom is 0.305 e. The van der Waals surface area contributed by atoms with E-state index in [4.69, 9.17) is 14.2 Å². The Kier molecular flexibility index (Phi) is 21.3. The molecule has 5 heteroatoms. The lowest BCUT2D eigenvalue weighted by Gasteiger charge is -2.06. The van der Waals surface area contributed by atoms with Gasteiger partial charge in [-0.15, -0.1) is 0 Å². The van der Waals surface area contributed by atoms with Gasteiger partial charge in [0.15, 0.2) is 0 Å². The highest BCUT2D eigenvalue weighted by Crippen LogP contribution is 2.12. The molecular weight excluding hydrogens is 356 g/mol. The predicted octanol–water partition coefficient (Wildman–Crippen LogP) is 5.98. The molecule has 0 aromatic heterocycles. The van der Waals surface area contributed by atoms with Gasteiger partial charge in [0.25, 0.3) is 0 Å². The number of esters is 2. The maximum atomic E-state index is 11.6. The Morgan fingerprint density at radius 2 is 0.964 bits per heavy atom. The van der Waals surface area contributed by atoms with Gasteiger partial charge in [-0.1, -0.05) is 77.6 Å². The van der Waals surface area contributed by atoms with E-state index in [-0.39, 0.29) is 18.5 Å². The first-order valence-electron chi connectivity index (χ1n) is 11.5. The highest BCUT2D eigenvalue weighted by molar-refractivity contribution is 5.70. The molecule has 0 aromatic rings. The molecule has 0 atom stereocenters. The molecule has 0 rings (SSSR count). The Morgan fingerprint density at radius 1 is 0.536 bits per heavy atom. The van der Waals surface area contributed by atoms with E-state index in [2.05, 4.69) is 6.92 Å². The van der Waals surface area contributed by atoms with Gasteiger partial charge in [0.1, 0.15) is 6.61 Å². The quantitative estimate of drug-likeness (QED) is 0.175. The van der Waals surface area contributed by atoms with Gasteiger partial charge in [0.2, 0.25) is 0 Å². The first-order chi connectivity index (χ1) is 13.7. The standard InChI is InChI=1S/C23H44O5/c1-3-4-5-6-7-8-9-10-11-12-13-16-19-27-22(24)17-14-15-18-23(25)28-21-20-26-2/h3-21H2,1-2H3. The summed E-state index contributed by atoms with van der Waals surface area (Å²) in [7, 11) is 1.57. The number of ether oxygens (including phenoxy) is 3. The van der Waals surface area contributed by atoms with Crippen LogP contribution in [0.4, 0.5) is 0 Å². The number of methoxy groups -OCH3 is 1. The summed E-state index contributed by atoms with van der Waals surface area (Å²) in [6.07, 6.45) is 17.6. The van der Waals surface area contributed by atoms with Crippen molar-refractivity contribution in [1.29, 1.82) is 0 Å². The molecule has 0 amide bonds. The van der Waals surface area contributed by atoms with Gasteiger partial charge in [0.05, 0.1) is 13.2 Å². The van der Waals surface area contributed by atoms with Crippen LogP contribution in [0.3, 0.4) is 0 Å². The highest BCUT2D eigenvalue weighted by atomic mass is 16.6. The summed E-state index contributed by atoms with van der Waals surface area (Å²) < 4.78 is 15.0. The molecule has 0 N–H and O–H groups in total. The van der Waals surface area contributed by atoms with E-state index in [1.165, 1.54) is 64.2 Å². The molecule has 0 heterocycles. The van der Waals surface area contributed by atoms with Crippen molar-refractivity contribution >= 4 is 11.9 Å². The van der Waals surface area contributed by atoms with Gasteiger partial charge in [-0.05, 0) is 19.3 Å². The second-order valence-corrected chi connectivity index (χ2v) is 7.53. The molecule has 0 saturated carbocycles. The summed E-state index contributed by atoms with van der Waals surface area (Å²) in [6, 6.07) is 0. The topological polar surface area (TPSA) is 61.8 Å². The molecule has 0 aromatic carbocycles. The number of unbranched alkanes of at least 4 members (excludes halogenated alkanes) is 12. The van der Waals surface area contributed by atoms with E-state index in [9.17, 15) is 9.59 Å². The van der Waals surface area contributed by atoms with E-state index in [0.717, 1.165) is 12.8 Å². The largest absolute Gasteiger partial charge is 0.466 e. The Hall–Kier alpha value is -1.10. The Labute approximate surface area is 172 Å². The van der Waals surface area contributed by atoms with Crippen molar-refractivity contribution in [3.63, 3.8) is 0 Å². The van der Waals surface area contributed by atoms with E-state index < -0.39 is 0 Å². The Bertz CT molecular complexity index is 357. The average Bonchev–Trinajstić information content (AvgIpc) is 2.69. The van der Waals surface area contributed by atoms with E-state index in [0.29, 0.717) is 38.9 Å². The van der Waals surface area contributed by atoms with Crippen LogP contribution in [0, 0.1) is 0 Å². The van der Waals surface area contributed by atoms with Crippen LogP contribution in [0.2, 0.25) is 0 Å². The van der Waals surface area contributed by atoms with Crippen LogP contribution in [0.1, 0.15) is 110 Å². The molecular formula is C23H44O5. The van der Waals surface area contributed by atoms with Gasteiger partial charge < -0.3 is 14.2 Å². The van der Waals surface area contributed by atoms with Crippen LogP contribution in [0.15, 0.2) is 0 Å². The predicted molar refractivity (Wildman–Crippen MR) is 113 cm³/mol. The third kappa shape index (κ3) is 21.2. The zero-order valence-corrected chi connectivity index (χ0v) is 18.5. The van der Waals surface area contributed by atoms with Crippen molar-refractivity contribution in [2.75, 3.05) is 26.9 Å². The summed E-state index contributed by atoms with van der Waals surface area (Å²) >= 11 is 0. The molecule has 0 aliphatic carbocycles. The maximum absolute atomic E-state index is 11.6. The third-order valence-electron chi connectivity index (χ3n) is 4.82. The van der Waals surface area contributed by atoms with Crippen LogP contribution < -0.4 is 0 Å². The number of hydrogen-bond donors (Lipinski definition) is 0. The molecule has 0 unspecified atom stereocenters. The zero-order valence-electron chi connectivity index (χ0n) is 18.5. The SMILES string of the molecule is CCCCCCCCCCCCCCOC(=O)CCCCC(=O)OCCOC. The van der Waals surface area contributed by atoms with Crippen LogP contribution in [0.5, 0.6) is 0 Å². The Morgan fingerprint density at radius 3 is 1.43 bits per heavy atom. The van der Waals surface area contributed by atoms with E-state index in [1.807, 2.05) is 0 Å². The smallest absolute Gasteiger partial charge is 0.305 e. The van der Waals surface area contributed by atoms with Crippen LogP contribution in [-0.4, -0.2) is 38.9 Å². The molecule has 0 spiro atoms. The summed E-state index contributed by atoms with van der Waals surface area (Å²) in [4.78, 5) is 23.0. The minimum atomic E-state index is -0.234. The van der Waals surface area contributed by atoms with Gasteiger partial charge in [-0.2, -0.15) is 0 Å². The lowest BCUT2D eigenvalue weighted by atomic mass is 10.1. The van der Waals surface area contributed by atoms with Crippen molar-refractivity contribution in [3.05, 3.63) is 0 Å². The first kappa shape index (κ1) is 26.9. The van der Waals surface area contributed by atoms with E-state index >= 15 is 0 Å². The van der Waals surface area contributed by atoms with Crippen LogP contribution >= 0.6 is 0 Å². The normalized spacial score (nSPS) is 10.8. The molecule has 0 aliphatic heterocycles. The minimum Gasteiger partial charge on any atom is -0.466 e. The van der Waals surface area contributed by atoms with Crippen molar-refractivity contribution in [3.8, 4) is 0 Å². The van der Waals surface area contributed by atoms with Gasteiger partial charge in [-0.25, -0.2) is 0 Å². The molecule has 166 valence electrons. The summed E-state index contributed by atoms with van der Waals surface area (Å²) in [5.74, 6) is -0.391. The molecule has 0 radical (unpaired) electrons. The molecule has 0 bridgehead atoms. The van der Waals surface area contributed by atoms with Crippen molar-refractivity contribution < 1.29 is 23.8 Å². The Balaban J connectivity index is 3.23. The van der Waals surface area contributed by atoms with Crippen molar-refractivity contribution in [2.24, 2.45) is 0 Å². The van der Waals surface area contributed by atoms with Crippen LogP contribution in [-0.2, 0) is 23.8 Å². The lowest BCUT2D eigenvalue weighted by Crippen LogP contribution is -2.10.